The van der Waals surface area contributed by atoms with Gasteiger partial charge in [0.1, 0.15) is 11.5 Å². The molecule has 1 aromatic carbocycles. The monoisotopic (exact) mass is 225 g/mol. The molecule has 0 saturated carbocycles. The number of rotatable bonds is 6. The molecule has 0 amide bonds. The Kier molecular flexibility index (Phi) is 4.44. The molecule has 0 aliphatic heterocycles. The predicted molar refractivity (Wildman–Crippen MR) is 60.3 cm³/mol. The van der Waals surface area contributed by atoms with Crippen LogP contribution in [0.15, 0.2) is 18.2 Å². The molecular formula is C11H15NO4. The first-order chi connectivity index (χ1) is 7.67. The molecule has 0 aromatic heterocycles. The lowest BCUT2D eigenvalue weighted by Crippen LogP contribution is -2.08. The Labute approximate surface area is 94.0 Å². The maximum atomic E-state index is 10.4. The molecule has 0 fully saturated rings. The smallest absolute Gasteiger partial charge is 0.305 e. The molecular weight excluding hydrogens is 210 g/mol. The summed E-state index contributed by atoms with van der Waals surface area (Å²) in [5.74, 6) is 0.491. The highest BCUT2D eigenvalue weighted by atomic mass is 16.5. The summed E-state index contributed by atoms with van der Waals surface area (Å²) in [4.78, 5) is 10.4. The van der Waals surface area contributed by atoms with Crippen molar-refractivity contribution in [2.45, 2.75) is 6.42 Å². The molecule has 0 radical (unpaired) electrons. The van der Waals surface area contributed by atoms with E-state index in [9.17, 15) is 4.79 Å². The maximum absolute atomic E-state index is 10.4. The lowest BCUT2D eigenvalue weighted by atomic mass is 10.2. The van der Waals surface area contributed by atoms with E-state index in [1.165, 1.54) is 0 Å². The molecule has 1 aromatic rings. The van der Waals surface area contributed by atoms with E-state index in [2.05, 4.69) is 5.32 Å². The summed E-state index contributed by atoms with van der Waals surface area (Å²) in [6, 6.07) is 5.31. The Hall–Kier alpha value is -1.91. The summed E-state index contributed by atoms with van der Waals surface area (Å²) in [6.07, 6.45) is 0.0647. The third-order valence-electron chi connectivity index (χ3n) is 2.06. The molecule has 5 heteroatoms. The molecule has 1 rings (SSSR count). The first-order valence-corrected chi connectivity index (χ1v) is 4.85. The number of carbonyl (C=O) groups is 1. The normalized spacial score (nSPS) is 9.62. The van der Waals surface area contributed by atoms with E-state index in [1.54, 1.807) is 32.4 Å². The van der Waals surface area contributed by atoms with Crippen LogP contribution in [0, 0.1) is 0 Å². The van der Waals surface area contributed by atoms with Gasteiger partial charge < -0.3 is 19.9 Å². The molecule has 0 atom stereocenters. The number of anilines is 1. The third kappa shape index (κ3) is 3.34. The average Bonchev–Trinajstić information content (AvgIpc) is 2.29. The molecule has 0 aliphatic carbocycles. The number of benzene rings is 1. The molecule has 16 heavy (non-hydrogen) atoms. The Morgan fingerprint density at radius 3 is 2.69 bits per heavy atom. The van der Waals surface area contributed by atoms with Gasteiger partial charge in [0, 0.05) is 12.6 Å². The first kappa shape index (κ1) is 12.2. The van der Waals surface area contributed by atoms with E-state index in [4.69, 9.17) is 14.6 Å². The molecule has 5 nitrogen and oxygen atoms in total. The lowest BCUT2D eigenvalue weighted by molar-refractivity contribution is -0.136. The minimum absolute atomic E-state index is 0.0647. The van der Waals surface area contributed by atoms with Gasteiger partial charge in [-0.2, -0.15) is 0 Å². The minimum Gasteiger partial charge on any atom is -0.497 e. The molecule has 0 unspecified atom stereocenters. The topological polar surface area (TPSA) is 67.8 Å². The molecule has 0 spiro atoms. The standard InChI is InChI=1S/C11H15NO4/c1-15-8-3-4-9(10(7-8)16-2)12-6-5-11(13)14/h3-4,7,12H,5-6H2,1-2H3,(H,13,14). The van der Waals surface area contributed by atoms with Gasteiger partial charge in [-0.15, -0.1) is 0 Å². The van der Waals surface area contributed by atoms with Crippen LogP contribution in [0.25, 0.3) is 0 Å². The number of aliphatic carboxylic acids is 1. The maximum Gasteiger partial charge on any atom is 0.305 e. The number of ether oxygens (including phenoxy) is 2. The SMILES string of the molecule is COc1ccc(NCCC(=O)O)c(OC)c1. The second-order valence-electron chi connectivity index (χ2n) is 3.14. The first-order valence-electron chi connectivity index (χ1n) is 4.85. The number of carboxylic acids is 1. The second kappa shape index (κ2) is 5.85. The van der Waals surface area contributed by atoms with Crippen molar-refractivity contribution >= 4 is 11.7 Å². The summed E-state index contributed by atoms with van der Waals surface area (Å²) in [6.45, 7) is 0.359. The van der Waals surface area contributed by atoms with Crippen molar-refractivity contribution in [2.75, 3.05) is 26.1 Å². The van der Waals surface area contributed by atoms with Crippen LogP contribution in [0.3, 0.4) is 0 Å². The number of nitrogens with one attached hydrogen (secondary N) is 1. The van der Waals surface area contributed by atoms with Crippen LogP contribution in [0.2, 0.25) is 0 Å². The minimum atomic E-state index is -0.833. The van der Waals surface area contributed by atoms with Gasteiger partial charge >= 0.3 is 5.97 Å². The zero-order valence-electron chi connectivity index (χ0n) is 9.32. The predicted octanol–water partition coefficient (Wildman–Crippen LogP) is 1.59. The van der Waals surface area contributed by atoms with Crippen molar-refractivity contribution in [3.05, 3.63) is 18.2 Å². The lowest BCUT2D eigenvalue weighted by Gasteiger charge is -2.11. The summed E-state index contributed by atoms with van der Waals surface area (Å²) in [5.41, 5.74) is 0.754. The quantitative estimate of drug-likeness (QED) is 0.769. The van der Waals surface area contributed by atoms with Gasteiger partial charge in [0.2, 0.25) is 0 Å². The fourth-order valence-electron chi connectivity index (χ4n) is 1.25. The van der Waals surface area contributed by atoms with Crippen LogP contribution in [0.4, 0.5) is 5.69 Å². The largest absolute Gasteiger partial charge is 0.497 e. The summed E-state index contributed by atoms with van der Waals surface area (Å²) >= 11 is 0. The molecule has 0 heterocycles. The van der Waals surface area contributed by atoms with E-state index in [1.807, 2.05) is 0 Å². The molecule has 0 bridgehead atoms. The highest BCUT2D eigenvalue weighted by molar-refractivity contribution is 5.68. The third-order valence-corrected chi connectivity index (χ3v) is 2.06. The zero-order chi connectivity index (χ0) is 12.0. The van der Waals surface area contributed by atoms with Crippen LogP contribution < -0.4 is 14.8 Å². The number of carboxylic acid groups (broad SMARTS) is 1. The van der Waals surface area contributed by atoms with E-state index in [-0.39, 0.29) is 6.42 Å². The Balaban J connectivity index is 2.68. The van der Waals surface area contributed by atoms with Crippen molar-refractivity contribution < 1.29 is 19.4 Å². The van der Waals surface area contributed by atoms with Crippen LogP contribution in [-0.2, 0) is 4.79 Å². The highest BCUT2D eigenvalue weighted by Crippen LogP contribution is 2.28. The van der Waals surface area contributed by atoms with Crippen molar-refractivity contribution in [2.24, 2.45) is 0 Å². The van der Waals surface area contributed by atoms with Gasteiger partial charge in [-0.1, -0.05) is 0 Å². The number of hydrogen-bond acceptors (Lipinski definition) is 4. The Bertz CT molecular complexity index is 365. The average molecular weight is 225 g/mol. The Morgan fingerprint density at radius 2 is 2.12 bits per heavy atom. The van der Waals surface area contributed by atoms with Crippen LogP contribution in [-0.4, -0.2) is 31.8 Å². The fraction of sp³-hybridized carbons (Fsp3) is 0.364. The zero-order valence-corrected chi connectivity index (χ0v) is 9.32. The number of hydrogen-bond donors (Lipinski definition) is 2. The summed E-state index contributed by atoms with van der Waals surface area (Å²) in [5, 5.41) is 11.5. The van der Waals surface area contributed by atoms with Gasteiger partial charge in [0.15, 0.2) is 0 Å². The highest BCUT2D eigenvalue weighted by Gasteiger charge is 2.04. The van der Waals surface area contributed by atoms with Crippen LogP contribution in [0.5, 0.6) is 11.5 Å². The van der Waals surface area contributed by atoms with Gasteiger partial charge in [0.05, 0.1) is 26.3 Å². The molecule has 2 N–H and O–H groups in total. The van der Waals surface area contributed by atoms with Crippen molar-refractivity contribution in [1.82, 2.24) is 0 Å². The summed E-state index contributed by atoms with van der Waals surface area (Å²) < 4.78 is 10.2. The van der Waals surface area contributed by atoms with E-state index < -0.39 is 5.97 Å². The fourth-order valence-corrected chi connectivity index (χ4v) is 1.25. The van der Waals surface area contributed by atoms with Crippen molar-refractivity contribution in [1.29, 1.82) is 0 Å². The van der Waals surface area contributed by atoms with E-state index in [0.717, 1.165) is 5.69 Å². The Morgan fingerprint density at radius 1 is 1.38 bits per heavy atom. The number of methoxy groups -OCH3 is 2. The van der Waals surface area contributed by atoms with Crippen molar-refractivity contribution in [3.63, 3.8) is 0 Å². The van der Waals surface area contributed by atoms with Crippen molar-refractivity contribution in [3.8, 4) is 11.5 Å². The second-order valence-corrected chi connectivity index (χ2v) is 3.14. The molecule has 0 aliphatic rings. The van der Waals surface area contributed by atoms with E-state index in [0.29, 0.717) is 18.0 Å². The summed E-state index contributed by atoms with van der Waals surface area (Å²) in [7, 11) is 3.13. The van der Waals surface area contributed by atoms with Gasteiger partial charge in [-0.05, 0) is 12.1 Å². The van der Waals surface area contributed by atoms with Gasteiger partial charge in [0.25, 0.3) is 0 Å². The van der Waals surface area contributed by atoms with Crippen LogP contribution >= 0.6 is 0 Å². The van der Waals surface area contributed by atoms with Gasteiger partial charge in [-0.25, -0.2) is 0 Å². The van der Waals surface area contributed by atoms with Gasteiger partial charge in [-0.3, -0.25) is 4.79 Å². The molecule has 88 valence electrons. The van der Waals surface area contributed by atoms with Crippen LogP contribution in [0.1, 0.15) is 6.42 Å². The molecule has 0 saturated heterocycles. The van der Waals surface area contributed by atoms with E-state index >= 15 is 0 Å².